The van der Waals surface area contributed by atoms with Gasteiger partial charge in [0.05, 0.1) is 40.7 Å². The number of nitrogens with one attached hydrogen (secondary N) is 4. The topological polar surface area (TPSA) is 242 Å². The summed E-state index contributed by atoms with van der Waals surface area (Å²) in [4.78, 5) is 85.9. The van der Waals surface area contributed by atoms with E-state index in [1.807, 2.05) is 27.7 Å². The number of aliphatic hydroxyl groups is 1. The number of alkyl carbamates (subject to hydrolysis) is 1. The predicted molar refractivity (Wildman–Crippen MR) is 282 cm³/mol. The third-order valence-corrected chi connectivity index (χ3v) is 14.8. The number of hydrogen-bond donors (Lipinski definition) is 6. The Morgan fingerprint density at radius 2 is 1.75 bits per heavy atom. The summed E-state index contributed by atoms with van der Waals surface area (Å²) < 4.78 is 34.1. The number of pyridine rings is 2. The lowest BCUT2D eigenvalue weighted by Gasteiger charge is -2.31. The van der Waals surface area contributed by atoms with Gasteiger partial charge in [0.25, 0.3) is 5.56 Å². The highest BCUT2D eigenvalue weighted by Gasteiger charge is 2.46. The lowest BCUT2D eigenvalue weighted by atomic mass is 9.81. The molecule has 0 unspecified atom stereocenters. The van der Waals surface area contributed by atoms with Gasteiger partial charge >= 0.3 is 12.1 Å². The van der Waals surface area contributed by atoms with Gasteiger partial charge in [-0.1, -0.05) is 69.3 Å². The molecule has 2 aromatic carbocycles. The first kappa shape index (κ1) is 55.2. The highest BCUT2D eigenvalue weighted by molar-refractivity contribution is 14.1. The van der Waals surface area contributed by atoms with Crippen molar-refractivity contribution < 1.29 is 47.7 Å². The second-order valence-electron chi connectivity index (χ2n) is 21.0. The third kappa shape index (κ3) is 12.4. The molecule has 4 atom stereocenters. The normalized spacial score (nSPS) is 17.8. The highest BCUT2D eigenvalue weighted by atomic mass is 127. The van der Waals surface area contributed by atoms with Crippen LogP contribution < -0.4 is 32.6 Å². The van der Waals surface area contributed by atoms with Crippen LogP contribution in [0.15, 0.2) is 41.2 Å². The van der Waals surface area contributed by atoms with Crippen LogP contribution in [0.5, 0.6) is 0 Å². The summed E-state index contributed by atoms with van der Waals surface area (Å²) in [6, 6.07) is 7.27. The summed E-state index contributed by atoms with van der Waals surface area (Å²) in [7, 11) is 0. The summed E-state index contributed by atoms with van der Waals surface area (Å²) in [5.74, 6) is -2.75. The summed E-state index contributed by atoms with van der Waals surface area (Å²) >= 11 is 2.38. The van der Waals surface area contributed by atoms with Crippen LogP contribution in [-0.2, 0) is 65.2 Å². The fraction of sp³-hybridized carbons (Fsp3) is 0.537. The van der Waals surface area contributed by atoms with Crippen LogP contribution in [0, 0.1) is 18.7 Å². The van der Waals surface area contributed by atoms with E-state index in [-0.39, 0.29) is 59.0 Å². The van der Waals surface area contributed by atoms with Crippen LogP contribution in [0.2, 0.25) is 0 Å². The molecular formula is C54H69FIN7O10. The Morgan fingerprint density at radius 1 is 1.03 bits per heavy atom. The Bertz CT molecular complexity index is 2850. The summed E-state index contributed by atoms with van der Waals surface area (Å²) in [6.07, 6.45) is 3.13. The number of ether oxygens (including phenoxy) is 3. The molecular weight excluding hydrogens is 1050 g/mol. The van der Waals surface area contributed by atoms with Crippen molar-refractivity contribution in [2.45, 2.75) is 166 Å². The van der Waals surface area contributed by atoms with E-state index in [0.717, 1.165) is 12.0 Å². The van der Waals surface area contributed by atoms with E-state index in [4.69, 9.17) is 24.9 Å². The zero-order chi connectivity index (χ0) is 53.2. The number of aromatic nitrogens is 2. The minimum absolute atomic E-state index is 0.0246. The number of unbranched alkanes of at least 4 members (excludes halogenated alkanes) is 1. The van der Waals surface area contributed by atoms with Crippen molar-refractivity contribution in [3.8, 4) is 11.4 Å². The first-order valence-corrected chi connectivity index (χ1v) is 26.3. The number of cyclic esters (lactones) is 1. The molecule has 2 aromatic heterocycles. The van der Waals surface area contributed by atoms with Gasteiger partial charge in [-0.05, 0) is 125 Å². The zero-order valence-corrected chi connectivity index (χ0v) is 45.2. The first-order chi connectivity index (χ1) is 34.4. The van der Waals surface area contributed by atoms with Crippen LogP contribution in [0.1, 0.15) is 145 Å². The van der Waals surface area contributed by atoms with Crippen molar-refractivity contribution >= 4 is 69.0 Å². The lowest BCUT2D eigenvalue weighted by Crippen LogP contribution is -2.54. The number of carbonyl (C=O) groups is 5. The molecule has 394 valence electrons. The van der Waals surface area contributed by atoms with Gasteiger partial charge in [0.2, 0.25) is 17.7 Å². The molecule has 2 aliphatic heterocycles. The van der Waals surface area contributed by atoms with Crippen LogP contribution >= 0.6 is 22.6 Å². The van der Waals surface area contributed by atoms with Crippen molar-refractivity contribution in [3.05, 3.63) is 91.5 Å². The second-order valence-corrected chi connectivity index (χ2v) is 23.9. The zero-order valence-electron chi connectivity index (χ0n) is 43.0. The molecule has 0 fully saturated rings. The number of anilines is 1. The first-order valence-electron chi connectivity index (χ1n) is 25.2. The molecule has 7 rings (SSSR count). The number of nitrogens with two attached hydrogens (primary N) is 1. The Morgan fingerprint density at radius 3 is 2.42 bits per heavy atom. The SMILES string of the molecule is CC[C@@]1(O)C(=O)OCc2c1cc1n(c2=O)Cc2c-1nc1cc(F)c(C)c3c1c2[C@@H](NC(=O)OCc1ccc(NC(=O)[C@H](CCCCN)NC(=O)[C@@H](NC(=O)CCC(C)(C)OCCC(C)(C)I)C(C)C)cc1)CC3. The maximum Gasteiger partial charge on any atom is 0.407 e. The van der Waals surface area contributed by atoms with Gasteiger partial charge in [-0.2, -0.15) is 0 Å². The number of amides is 4. The van der Waals surface area contributed by atoms with E-state index >= 15 is 4.39 Å². The van der Waals surface area contributed by atoms with Crippen molar-refractivity contribution in [1.29, 1.82) is 0 Å². The van der Waals surface area contributed by atoms with Crippen LogP contribution in [-0.4, -0.2) is 78.7 Å². The number of alkyl halides is 1. The molecule has 0 radical (unpaired) electrons. The Hall–Kier alpha value is -5.51. The van der Waals surface area contributed by atoms with Crippen LogP contribution in [0.4, 0.5) is 14.9 Å². The van der Waals surface area contributed by atoms with E-state index < -0.39 is 64.6 Å². The largest absolute Gasteiger partial charge is 0.458 e. The third-order valence-electron chi connectivity index (χ3n) is 14.3. The maximum absolute atomic E-state index is 15.4. The van der Waals surface area contributed by atoms with Gasteiger partial charge in [-0.15, -0.1) is 0 Å². The Balaban J connectivity index is 0.996. The predicted octanol–water partition coefficient (Wildman–Crippen LogP) is 7.31. The molecule has 4 aromatic rings. The van der Waals surface area contributed by atoms with E-state index in [0.29, 0.717) is 102 Å². The number of rotatable bonds is 21. The minimum atomic E-state index is -2.03. The number of esters is 1. The van der Waals surface area contributed by atoms with Crippen molar-refractivity contribution in [3.63, 3.8) is 0 Å². The minimum Gasteiger partial charge on any atom is -0.458 e. The van der Waals surface area contributed by atoms with E-state index in [1.165, 1.54) is 10.6 Å². The second kappa shape index (κ2) is 22.5. The van der Waals surface area contributed by atoms with Gasteiger partial charge in [0, 0.05) is 44.7 Å². The van der Waals surface area contributed by atoms with Gasteiger partial charge in [0.1, 0.15) is 31.1 Å². The summed E-state index contributed by atoms with van der Waals surface area (Å²) in [6.45, 7) is 15.8. The molecule has 73 heavy (non-hydrogen) atoms. The average molecular weight is 1120 g/mol. The molecule has 17 nitrogen and oxygen atoms in total. The quantitative estimate of drug-likeness (QED) is 0.0183. The van der Waals surface area contributed by atoms with Crippen molar-refractivity contribution in [2.24, 2.45) is 11.7 Å². The van der Waals surface area contributed by atoms with Gasteiger partial charge in [-0.25, -0.2) is 19.0 Å². The van der Waals surface area contributed by atoms with E-state index in [9.17, 15) is 33.9 Å². The summed E-state index contributed by atoms with van der Waals surface area (Å²) in [5.41, 5.74) is 7.84. The highest BCUT2D eigenvalue weighted by Crippen LogP contribution is 2.46. The van der Waals surface area contributed by atoms with E-state index in [2.05, 4.69) is 57.7 Å². The lowest BCUT2D eigenvalue weighted by molar-refractivity contribution is -0.172. The molecule has 0 saturated heterocycles. The fourth-order valence-corrected chi connectivity index (χ4v) is 10.0. The Kier molecular flexibility index (Phi) is 17.1. The number of hydrogen-bond acceptors (Lipinski definition) is 12. The maximum atomic E-state index is 15.4. The van der Waals surface area contributed by atoms with Crippen LogP contribution in [0.25, 0.3) is 22.3 Å². The number of nitrogens with zero attached hydrogens (tertiary/aromatic N) is 2. The van der Waals surface area contributed by atoms with Gasteiger partial charge < -0.3 is 50.9 Å². The van der Waals surface area contributed by atoms with Crippen molar-refractivity contribution in [2.75, 3.05) is 18.5 Å². The Labute approximate surface area is 438 Å². The summed E-state index contributed by atoms with van der Waals surface area (Å²) in [5, 5.41) is 23.7. The molecule has 3 aliphatic rings. The number of carbonyl (C=O) groups excluding carboxylic acids is 5. The van der Waals surface area contributed by atoms with Gasteiger partial charge in [0.15, 0.2) is 5.60 Å². The smallest absolute Gasteiger partial charge is 0.407 e. The van der Waals surface area contributed by atoms with Crippen molar-refractivity contribution in [1.82, 2.24) is 25.5 Å². The van der Waals surface area contributed by atoms with Gasteiger partial charge in [-0.3, -0.25) is 19.2 Å². The average Bonchev–Trinajstić information content (AvgIpc) is 3.70. The number of aryl methyl sites for hydroxylation is 1. The number of benzene rings is 2. The van der Waals surface area contributed by atoms with E-state index in [1.54, 1.807) is 44.2 Å². The molecule has 4 amide bonds. The fourth-order valence-electron chi connectivity index (χ4n) is 9.81. The standard InChI is InChI=1S/C54H69FIN7O10/c1-9-54(70)36-24-41-46-34(26-63(41)49(67)35(36)28-71-50(54)68)44-38(18-17-33-30(4)37(55)25-40(59-46)43(33)44)61-51(69)72-27-31-13-15-32(16-14-31)58-47(65)39(12-10-11-22-57)60-48(66)45(29(2)3)62-42(64)19-20-53(7,8)73-23-21-52(5,6)56/h13-16,24-25,29,38-39,45,70H,9-12,17-23,26-28,57H2,1-8H3,(H,58,65)(H,60,66)(H,61,69)(H,62,64)/t38-,39-,45-,54-/m0/s1. The molecule has 0 bridgehead atoms. The molecule has 0 saturated carbocycles. The molecule has 19 heteroatoms. The van der Waals surface area contributed by atoms with Crippen LogP contribution in [0.3, 0.4) is 0 Å². The number of fused-ring (bicyclic) bond motifs is 5. The molecule has 1 aliphatic carbocycles. The monoisotopic (exact) mass is 1120 g/mol. The number of halogens is 2. The molecule has 4 heterocycles. The molecule has 0 spiro atoms. The molecule has 7 N–H and O–H groups in total.